The molecule has 1 aliphatic carbocycles. The zero-order valence-electron chi connectivity index (χ0n) is 12.8. The summed E-state index contributed by atoms with van der Waals surface area (Å²) in [6, 6.07) is 10.0. The molecule has 1 aromatic carbocycles. The van der Waals surface area contributed by atoms with Gasteiger partial charge in [-0.05, 0) is 43.9 Å². The Morgan fingerprint density at radius 3 is 2.76 bits per heavy atom. The summed E-state index contributed by atoms with van der Waals surface area (Å²) in [6.07, 6.45) is 8.28. The molecule has 3 heteroatoms. The third-order valence-electron chi connectivity index (χ3n) is 5.08. The molecule has 1 saturated heterocycles. The molecule has 4 rings (SSSR count). The van der Waals surface area contributed by atoms with E-state index < -0.39 is 0 Å². The molecule has 1 saturated carbocycles. The van der Waals surface area contributed by atoms with Gasteiger partial charge in [-0.2, -0.15) is 0 Å². The average Bonchev–Trinajstić information content (AvgIpc) is 3.28. The van der Waals surface area contributed by atoms with Gasteiger partial charge in [-0.15, -0.1) is 0 Å². The molecule has 3 nitrogen and oxygen atoms in total. The number of nitrogens with zero attached hydrogens (tertiary/aromatic N) is 1. The van der Waals surface area contributed by atoms with Gasteiger partial charge in [-0.3, -0.25) is 4.90 Å². The van der Waals surface area contributed by atoms with Crippen LogP contribution >= 0.6 is 0 Å². The quantitative estimate of drug-likeness (QED) is 0.900. The molecule has 21 heavy (non-hydrogen) atoms. The summed E-state index contributed by atoms with van der Waals surface area (Å²) in [5, 5.41) is 3.69. The van der Waals surface area contributed by atoms with E-state index in [1.54, 1.807) is 0 Å². The van der Waals surface area contributed by atoms with E-state index in [0.29, 0.717) is 12.1 Å². The van der Waals surface area contributed by atoms with Gasteiger partial charge in [0.05, 0.1) is 0 Å². The van der Waals surface area contributed by atoms with Crippen LogP contribution in [0.25, 0.3) is 0 Å². The number of fused-ring (bicyclic) bond motifs is 1. The monoisotopic (exact) mass is 286 g/mol. The average molecular weight is 286 g/mol. The summed E-state index contributed by atoms with van der Waals surface area (Å²) in [6.45, 7) is 3.51. The number of hydrogen-bond acceptors (Lipinski definition) is 3. The molecule has 2 heterocycles. The third-order valence-corrected chi connectivity index (χ3v) is 5.08. The Morgan fingerprint density at radius 2 is 2.00 bits per heavy atom. The van der Waals surface area contributed by atoms with Gasteiger partial charge in [-0.25, -0.2) is 0 Å². The van der Waals surface area contributed by atoms with Gasteiger partial charge in [0, 0.05) is 31.6 Å². The number of ether oxygens (including phenoxy) is 1. The van der Waals surface area contributed by atoms with E-state index in [1.807, 2.05) is 0 Å². The van der Waals surface area contributed by atoms with E-state index in [4.69, 9.17) is 4.74 Å². The van der Waals surface area contributed by atoms with Crippen LogP contribution < -0.4 is 10.1 Å². The van der Waals surface area contributed by atoms with Crippen LogP contribution in [0, 0.1) is 0 Å². The zero-order valence-corrected chi connectivity index (χ0v) is 12.8. The first-order valence-electron chi connectivity index (χ1n) is 8.60. The molecule has 1 aromatic rings. The van der Waals surface area contributed by atoms with Crippen molar-refractivity contribution in [2.75, 3.05) is 19.6 Å². The van der Waals surface area contributed by atoms with Gasteiger partial charge in [0.25, 0.3) is 0 Å². The lowest BCUT2D eigenvalue weighted by molar-refractivity contribution is 0.131. The maximum Gasteiger partial charge on any atom is 0.123 e. The Balaban J connectivity index is 1.35. The highest BCUT2D eigenvalue weighted by Crippen LogP contribution is 2.32. The smallest absolute Gasteiger partial charge is 0.123 e. The van der Waals surface area contributed by atoms with Crippen molar-refractivity contribution in [3.63, 3.8) is 0 Å². The standard InChI is InChI=1S/C18H26N2O/c1-2-7-18-14(5-1)11-17(21-18)13-20(16-8-9-16)12-15-6-3-4-10-19-15/h1-2,5,7,15-17,19H,3-4,6,8-13H2. The summed E-state index contributed by atoms with van der Waals surface area (Å²) in [5.41, 5.74) is 1.38. The van der Waals surface area contributed by atoms with Gasteiger partial charge in [0.15, 0.2) is 0 Å². The van der Waals surface area contributed by atoms with Crippen molar-refractivity contribution >= 4 is 0 Å². The van der Waals surface area contributed by atoms with Crippen LogP contribution in [0.15, 0.2) is 24.3 Å². The van der Waals surface area contributed by atoms with Gasteiger partial charge in [-0.1, -0.05) is 24.6 Å². The van der Waals surface area contributed by atoms with Gasteiger partial charge < -0.3 is 10.1 Å². The number of rotatable bonds is 5. The minimum absolute atomic E-state index is 0.353. The van der Waals surface area contributed by atoms with E-state index in [-0.39, 0.29) is 0 Å². The fourth-order valence-corrected chi connectivity index (χ4v) is 3.79. The molecule has 0 aromatic heterocycles. The van der Waals surface area contributed by atoms with Crippen LogP contribution in [0.4, 0.5) is 0 Å². The van der Waals surface area contributed by atoms with Crippen molar-refractivity contribution in [3.05, 3.63) is 29.8 Å². The van der Waals surface area contributed by atoms with Crippen molar-refractivity contribution in [1.82, 2.24) is 10.2 Å². The molecular weight excluding hydrogens is 260 g/mol. The van der Waals surface area contributed by atoms with E-state index in [0.717, 1.165) is 24.8 Å². The molecule has 2 aliphatic heterocycles. The van der Waals surface area contributed by atoms with Crippen LogP contribution in [0.2, 0.25) is 0 Å². The zero-order chi connectivity index (χ0) is 14.1. The maximum absolute atomic E-state index is 6.14. The summed E-state index contributed by atoms with van der Waals surface area (Å²) >= 11 is 0. The van der Waals surface area contributed by atoms with Crippen molar-refractivity contribution in [2.45, 2.75) is 56.7 Å². The van der Waals surface area contributed by atoms with E-state index in [1.165, 1.54) is 50.8 Å². The van der Waals surface area contributed by atoms with Crippen LogP contribution in [-0.2, 0) is 6.42 Å². The molecule has 2 unspecified atom stereocenters. The van der Waals surface area contributed by atoms with Gasteiger partial charge in [0.1, 0.15) is 11.9 Å². The highest BCUT2D eigenvalue weighted by atomic mass is 16.5. The molecule has 2 fully saturated rings. The SMILES string of the molecule is c1ccc2c(c1)CC(CN(CC1CCCCN1)C1CC1)O2. The third kappa shape index (κ3) is 3.24. The van der Waals surface area contributed by atoms with Crippen molar-refractivity contribution < 1.29 is 4.74 Å². The second-order valence-electron chi connectivity index (χ2n) is 6.88. The highest BCUT2D eigenvalue weighted by Gasteiger charge is 2.34. The Hall–Kier alpha value is -1.06. The lowest BCUT2D eigenvalue weighted by Crippen LogP contribution is -2.47. The summed E-state index contributed by atoms with van der Waals surface area (Å²) in [4.78, 5) is 2.69. The minimum atomic E-state index is 0.353. The molecular formula is C18H26N2O. The fraction of sp³-hybridized carbons (Fsp3) is 0.667. The van der Waals surface area contributed by atoms with E-state index in [2.05, 4.69) is 34.5 Å². The molecule has 114 valence electrons. The van der Waals surface area contributed by atoms with Crippen molar-refractivity contribution in [3.8, 4) is 5.75 Å². The van der Waals surface area contributed by atoms with E-state index in [9.17, 15) is 0 Å². The molecule has 1 N–H and O–H groups in total. The first kappa shape index (κ1) is 13.6. The number of piperidine rings is 1. The minimum Gasteiger partial charge on any atom is -0.488 e. The lowest BCUT2D eigenvalue weighted by Gasteiger charge is -2.32. The summed E-state index contributed by atoms with van der Waals surface area (Å²) in [5.74, 6) is 1.11. The molecule has 3 aliphatic rings. The van der Waals surface area contributed by atoms with Gasteiger partial charge in [0.2, 0.25) is 0 Å². The lowest BCUT2D eigenvalue weighted by atomic mass is 10.0. The number of nitrogens with one attached hydrogen (secondary N) is 1. The normalized spacial score (nSPS) is 28.4. The molecule has 0 amide bonds. The second-order valence-corrected chi connectivity index (χ2v) is 6.88. The molecule has 0 spiro atoms. The molecule has 0 bridgehead atoms. The van der Waals surface area contributed by atoms with Crippen LogP contribution in [0.1, 0.15) is 37.7 Å². The Kier molecular flexibility index (Phi) is 3.87. The summed E-state index contributed by atoms with van der Waals surface area (Å²) in [7, 11) is 0. The van der Waals surface area contributed by atoms with Crippen LogP contribution in [-0.4, -0.2) is 42.7 Å². The fourth-order valence-electron chi connectivity index (χ4n) is 3.79. The predicted octanol–water partition coefficient (Wildman–Crippen LogP) is 2.60. The second kappa shape index (κ2) is 5.98. The topological polar surface area (TPSA) is 24.5 Å². The van der Waals surface area contributed by atoms with Crippen molar-refractivity contribution in [2.24, 2.45) is 0 Å². The molecule has 2 atom stereocenters. The predicted molar refractivity (Wildman–Crippen MR) is 84.8 cm³/mol. The Bertz CT molecular complexity index is 455. The molecule has 0 radical (unpaired) electrons. The first-order chi connectivity index (χ1) is 10.4. The van der Waals surface area contributed by atoms with Crippen molar-refractivity contribution in [1.29, 1.82) is 0 Å². The number of para-hydroxylation sites is 1. The summed E-state index contributed by atoms with van der Waals surface area (Å²) < 4.78 is 6.14. The van der Waals surface area contributed by atoms with E-state index >= 15 is 0 Å². The maximum atomic E-state index is 6.14. The Morgan fingerprint density at radius 1 is 1.10 bits per heavy atom. The largest absolute Gasteiger partial charge is 0.488 e. The van der Waals surface area contributed by atoms with Crippen LogP contribution in [0.5, 0.6) is 5.75 Å². The first-order valence-corrected chi connectivity index (χ1v) is 8.60. The Labute approximate surface area is 127 Å². The number of benzene rings is 1. The van der Waals surface area contributed by atoms with Gasteiger partial charge >= 0.3 is 0 Å². The highest BCUT2D eigenvalue weighted by molar-refractivity contribution is 5.37. The van der Waals surface area contributed by atoms with Crippen LogP contribution in [0.3, 0.4) is 0 Å². The number of hydrogen-bond donors (Lipinski definition) is 1.